The van der Waals surface area contributed by atoms with E-state index in [9.17, 15) is 4.79 Å². The van der Waals surface area contributed by atoms with Crippen molar-refractivity contribution < 1.29 is 9.32 Å². The summed E-state index contributed by atoms with van der Waals surface area (Å²) >= 11 is 0. The highest BCUT2D eigenvalue weighted by atomic mass is 16.5. The maximum Gasteiger partial charge on any atom is 0.259 e. The summed E-state index contributed by atoms with van der Waals surface area (Å²) in [4.78, 5) is 24.1. The highest BCUT2D eigenvalue weighted by Crippen LogP contribution is 2.40. The molecule has 6 heteroatoms. The zero-order chi connectivity index (χ0) is 19.3. The second kappa shape index (κ2) is 6.69. The summed E-state index contributed by atoms with van der Waals surface area (Å²) in [6.45, 7) is 5.06. The number of amides is 1. The number of rotatable bonds is 3. The number of nitrogens with zero attached hydrogens (tertiary/aromatic N) is 4. The van der Waals surface area contributed by atoms with Crippen molar-refractivity contribution in [2.75, 3.05) is 13.1 Å². The fourth-order valence-corrected chi connectivity index (χ4v) is 4.23. The fraction of sp³-hybridized carbons (Fsp3) is 0.455. The van der Waals surface area contributed by atoms with E-state index in [0.29, 0.717) is 28.9 Å². The molecule has 1 aliphatic heterocycles. The van der Waals surface area contributed by atoms with Crippen LogP contribution in [0.3, 0.4) is 0 Å². The van der Waals surface area contributed by atoms with Gasteiger partial charge in [-0.05, 0) is 69.2 Å². The molecular formula is C22H24N4O2. The van der Waals surface area contributed by atoms with Crippen molar-refractivity contribution >= 4 is 16.9 Å². The summed E-state index contributed by atoms with van der Waals surface area (Å²) in [5.41, 5.74) is 4.53. The third-order valence-corrected chi connectivity index (χ3v) is 6.08. The highest BCUT2D eigenvalue weighted by molar-refractivity contribution is 5.96. The first-order valence-electron chi connectivity index (χ1n) is 10.1. The van der Waals surface area contributed by atoms with Crippen molar-refractivity contribution in [2.45, 2.75) is 51.4 Å². The van der Waals surface area contributed by atoms with Crippen LogP contribution in [0.15, 0.2) is 28.9 Å². The molecule has 2 fully saturated rings. The summed E-state index contributed by atoms with van der Waals surface area (Å²) in [6, 6.07) is 6.52. The molecule has 0 radical (unpaired) electrons. The molecule has 1 saturated carbocycles. The second-order valence-electron chi connectivity index (χ2n) is 8.09. The molecule has 0 atom stereocenters. The van der Waals surface area contributed by atoms with E-state index in [-0.39, 0.29) is 5.91 Å². The van der Waals surface area contributed by atoms with E-state index in [4.69, 9.17) is 9.51 Å². The molecule has 3 aromatic heterocycles. The van der Waals surface area contributed by atoms with Gasteiger partial charge in [-0.2, -0.15) is 0 Å². The Bertz CT molecular complexity index is 1030. The van der Waals surface area contributed by atoms with Crippen LogP contribution in [0.1, 0.15) is 70.6 Å². The molecule has 6 nitrogen and oxygen atoms in total. The van der Waals surface area contributed by atoms with Gasteiger partial charge < -0.3 is 9.42 Å². The zero-order valence-electron chi connectivity index (χ0n) is 16.3. The third kappa shape index (κ3) is 3.07. The Morgan fingerprint density at radius 1 is 1.11 bits per heavy atom. The average Bonchev–Trinajstić information content (AvgIpc) is 3.52. The number of aromatic nitrogens is 3. The van der Waals surface area contributed by atoms with Crippen molar-refractivity contribution in [3.05, 3.63) is 52.7 Å². The topological polar surface area (TPSA) is 72.1 Å². The van der Waals surface area contributed by atoms with Crippen LogP contribution in [0.25, 0.3) is 11.0 Å². The predicted molar refractivity (Wildman–Crippen MR) is 105 cm³/mol. The Balaban J connectivity index is 1.30. The molecule has 0 bridgehead atoms. The van der Waals surface area contributed by atoms with Gasteiger partial charge in [-0.3, -0.25) is 4.79 Å². The van der Waals surface area contributed by atoms with Crippen molar-refractivity contribution in [2.24, 2.45) is 0 Å². The van der Waals surface area contributed by atoms with Gasteiger partial charge in [0, 0.05) is 36.3 Å². The Labute approximate surface area is 163 Å². The highest BCUT2D eigenvalue weighted by Gasteiger charge is 2.29. The Kier molecular flexibility index (Phi) is 4.14. The van der Waals surface area contributed by atoms with E-state index < -0.39 is 0 Å². The minimum absolute atomic E-state index is 0.0236. The smallest absolute Gasteiger partial charge is 0.259 e. The van der Waals surface area contributed by atoms with Gasteiger partial charge in [-0.1, -0.05) is 5.16 Å². The van der Waals surface area contributed by atoms with E-state index >= 15 is 0 Å². The van der Waals surface area contributed by atoms with Crippen LogP contribution in [0.5, 0.6) is 0 Å². The Morgan fingerprint density at radius 3 is 2.57 bits per heavy atom. The van der Waals surface area contributed by atoms with Crippen LogP contribution < -0.4 is 0 Å². The molecule has 0 unspecified atom stereocenters. The maximum absolute atomic E-state index is 12.8. The SMILES string of the molecule is Cc1noc(C)c1C(=O)N1CCC(c2ccc3cc(C4CC4)cnc3n2)CC1. The first-order chi connectivity index (χ1) is 13.6. The standard InChI is InChI=1S/C22H24N4O2/c1-13-20(14(2)28-25-13)22(27)26-9-7-16(8-10-26)19-6-5-17-11-18(15-3-4-15)12-23-21(17)24-19/h5-6,11-12,15-16H,3-4,7-10H2,1-2H3. The van der Waals surface area contributed by atoms with Crippen LogP contribution >= 0.6 is 0 Å². The fourth-order valence-electron chi connectivity index (χ4n) is 4.23. The summed E-state index contributed by atoms with van der Waals surface area (Å²) in [6.07, 6.45) is 6.37. The first kappa shape index (κ1) is 17.3. The number of hydrogen-bond donors (Lipinski definition) is 0. The van der Waals surface area contributed by atoms with Gasteiger partial charge in [0.15, 0.2) is 5.65 Å². The summed E-state index contributed by atoms with van der Waals surface area (Å²) in [7, 11) is 0. The number of piperidine rings is 1. The lowest BCUT2D eigenvalue weighted by Gasteiger charge is -2.31. The van der Waals surface area contributed by atoms with Crippen molar-refractivity contribution in [1.29, 1.82) is 0 Å². The normalized spacial score (nSPS) is 18.0. The molecule has 1 aliphatic carbocycles. The van der Waals surface area contributed by atoms with Gasteiger partial charge in [-0.15, -0.1) is 0 Å². The lowest BCUT2D eigenvalue weighted by atomic mass is 9.92. The molecule has 144 valence electrons. The van der Waals surface area contributed by atoms with Crippen LogP contribution in [0.4, 0.5) is 0 Å². The zero-order valence-corrected chi connectivity index (χ0v) is 16.3. The minimum atomic E-state index is 0.0236. The summed E-state index contributed by atoms with van der Waals surface area (Å²) in [5, 5.41) is 5.03. The van der Waals surface area contributed by atoms with Gasteiger partial charge in [0.05, 0.1) is 5.69 Å². The molecule has 3 aromatic rings. The molecular weight excluding hydrogens is 352 g/mol. The van der Waals surface area contributed by atoms with Crippen LogP contribution in [-0.2, 0) is 0 Å². The molecule has 0 aromatic carbocycles. The third-order valence-electron chi connectivity index (χ3n) is 6.08. The van der Waals surface area contributed by atoms with E-state index in [1.807, 2.05) is 18.0 Å². The van der Waals surface area contributed by atoms with Crippen molar-refractivity contribution in [3.8, 4) is 0 Å². The van der Waals surface area contributed by atoms with Gasteiger partial charge in [-0.25, -0.2) is 9.97 Å². The van der Waals surface area contributed by atoms with Gasteiger partial charge >= 0.3 is 0 Å². The van der Waals surface area contributed by atoms with E-state index in [2.05, 4.69) is 28.3 Å². The minimum Gasteiger partial charge on any atom is -0.361 e. The van der Waals surface area contributed by atoms with E-state index in [1.165, 1.54) is 18.4 Å². The quantitative estimate of drug-likeness (QED) is 0.687. The Morgan fingerprint density at radius 2 is 1.89 bits per heavy atom. The predicted octanol–water partition coefficient (Wildman–Crippen LogP) is 4.13. The van der Waals surface area contributed by atoms with E-state index in [0.717, 1.165) is 42.7 Å². The number of fused-ring (bicyclic) bond motifs is 1. The van der Waals surface area contributed by atoms with Crippen LogP contribution in [0, 0.1) is 13.8 Å². The van der Waals surface area contributed by atoms with Crippen LogP contribution in [-0.4, -0.2) is 39.0 Å². The summed E-state index contributed by atoms with van der Waals surface area (Å²) < 4.78 is 5.15. The lowest BCUT2D eigenvalue weighted by Crippen LogP contribution is -2.38. The summed E-state index contributed by atoms with van der Waals surface area (Å²) in [5.74, 6) is 1.69. The molecule has 0 spiro atoms. The van der Waals surface area contributed by atoms with Gasteiger partial charge in [0.25, 0.3) is 5.91 Å². The molecule has 2 aliphatic rings. The number of aryl methyl sites for hydroxylation is 2. The number of pyridine rings is 2. The van der Waals surface area contributed by atoms with Crippen LogP contribution in [0.2, 0.25) is 0 Å². The maximum atomic E-state index is 12.8. The largest absolute Gasteiger partial charge is 0.361 e. The molecule has 1 amide bonds. The lowest BCUT2D eigenvalue weighted by molar-refractivity contribution is 0.0709. The van der Waals surface area contributed by atoms with Crippen molar-refractivity contribution in [1.82, 2.24) is 20.0 Å². The number of likely N-dealkylation sites (tertiary alicyclic amines) is 1. The molecule has 5 rings (SSSR count). The number of carbonyl (C=O) groups excluding carboxylic acids is 1. The molecule has 28 heavy (non-hydrogen) atoms. The molecule has 1 saturated heterocycles. The van der Waals surface area contributed by atoms with Gasteiger partial charge in [0.1, 0.15) is 11.3 Å². The average molecular weight is 376 g/mol. The van der Waals surface area contributed by atoms with E-state index in [1.54, 1.807) is 6.92 Å². The molecule has 4 heterocycles. The second-order valence-corrected chi connectivity index (χ2v) is 8.09. The van der Waals surface area contributed by atoms with Crippen molar-refractivity contribution in [3.63, 3.8) is 0 Å². The molecule has 0 N–H and O–H groups in total. The van der Waals surface area contributed by atoms with Gasteiger partial charge in [0.2, 0.25) is 0 Å². The number of hydrogen-bond acceptors (Lipinski definition) is 5. The number of carbonyl (C=O) groups is 1. The Hall–Kier alpha value is -2.76. The monoisotopic (exact) mass is 376 g/mol. The first-order valence-corrected chi connectivity index (χ1v) is 10.1.